The van der Waals surface area contributed by atoms with Crippen LogP contribution in [-0.4, -0.2) is 66.3 Å². The molecule has 58 heavy (non-hydrogen) atoms. The molecular formula is C48H91O9P. The molecule has 3 unspecified atom stereocenters. The smallest absolute Gasteiger partial charge is 0.457 e. The van der Waals surface area contributed by atoms with Crippen molar-refractivity contribution in [2.45, 2.75) is 232 Å². The van der Waals surface area contributed by atoms with Gasteiger partial charge in [0.2, 0.25) is 0 Å². The fraction of sp³-hybridized carbons (Fsp3) is 0.854. The first-order valence-corrected chi connectivity index (χ1v) is 25.5. The summed E-state index contributed by atoms with van der Waals surface area (Å²) in [6.45, 7) is 3.51. The Bertz CT molecular complexity index is 1000. The van der Waals surface area contributed by atoms with E-state index in [0.717, 1.165) is 57.8 Å². The highest BCUT2D eigenvalue weighted by Crippen LogP contribution is 2.43. The van der Waals surface area contributed by atoms with Crippen molar-refractivity contribution in [3.63, 3.8) is 0 Å². The normalized spacial score (nSPS) is 14.2. The van der Waals surface area contributed by atoms with Gasteiger partial charge in [0, 0.05) is 13.0 Å². The Morgan fingerprint density at radius 1 is 0.534 bits per heavy atom. The summed E-state index contributed by atoms with van der Waals surface area (Å²) in [7, 11) is -4.52. The van der Waals surface area contributed by atoms with Crippen LogP contribution in [0.5, 0.6) is 0 Å². The van der Waals surface area contributed by atoms with Crippen LogP contribution in [0.4, 0.5) is 0 Å². The van der Waals surface area contributed by atoms with Crippen LogP contribution in [0.15, 0.2) is 36.5 Å². The number of hydrogen-bond acceptors (Lipinski definition) is 8. The van der Waals surface area contributed by atoms with E-state index in [1.54, 1.807) is 0 Å². The van der Waals surface area contributed by atoms with Crippen LogP contribution < -0.4 is 0 Å². The van der Waals surface area contributed by atoms with Crippen molar-refractivity contribution in [3.05, 3.63) is 36.5 Å². The Morgan fingerprint density at radius 3 is 1.41 bits per heavy atom. The van der Waals surface area contributed by atoms with Gasteiger partial charge in [0.05, 0.1) is 26.4 Å². The fourth-order valence-electron chi connectivity index (χ4n) is 6.62. The maximum absolute atomic E-state index is 12.6. The van der Waals surface area contributed by atoms with Gasteiger partial charge in [-0.25, -0.2) is 4.57 Å². The van der Waals surface area contributed by atoms with Crippen molar-refractivity contribution in [2.75, 3.05) is 33.0 Å². The summed E-state index contributed by atoms with van der Waals surface area (Å²) in [5.74, 6) is -0.390. The molecule has 0 radical (unpaired) electrons. The van der Waals surface area contributed by atoms with E-state index in [1.807, 2.05) is 0 Å². The standard InChI is InChI=1S/C48H91O9P/c1-3-5-7-9-11-13-15-17-19-21-23-25-27-29-31-33-35-37-39-41-54-44-47(45-56-58(52,53)55-43-46(50)42-49)57-48(51)40-38-36-34-32-30-28-26-24-22-20-18-16-14-12-10-8-6-4-2/h14,16,19-22,46-47,49-50H,3-13,15,17-18,23-45H2,1-2H3,(H,52,53)/b16-14-,21-19-,22-20-. The number of carbonyl (C=O) groups excluding carboxylic acids is 1. The number of carbonyl (C=O) groups is 1. The molecule has 0 spiro atoms. The van der Waals surface area contributed by atoms with Gasteiger partial charge in [-0.05, 0) is 70.6 Å². The van der Waals surface area contributed by atoms with E-state index in [1.165, 1.54) is 141 Å². The summed E-state index contributed by atoms with van der Waals surface area (Å²) in [4.78, 5) is 22.6. The summed E-state index contributed by atoms with van der Waals surface area (Å²) in [6.07, 6.45) is 49.6. The molecule has 0 aromatic rings. The molecule has 0 aliphatic carbocycles. The van der Waals surface area contributed by atoms with Gasteiger partial charge in [0.25, 0.3) is 0 Å². The number of phosphoric ester groups is 1. The van der Waals surface area contributed by atoms with Crippen molar-refractivity contribution < 1.29 is 43.0 Å². The van der Waals surface area contributed by atoms with Crippen molar-refractivity contribution >= 4 is 13.8 Å². The molecule has 3 N–H and O–H groups in total. The molecular weight excluding hydrogens is 751 g/mol. The maximum Gasteiger partial charge on any atom is 0.472 e. The Hall–Kier alpha value is -1.32. The summed E-state index contributed by atoms with van der Waals surface area (Å²) in [5, 5.41) is 18.4. The van der Waals surface area contributed by atoms with Gasteiger partial charge >= 0.3 is 13.8 Å². The highest BCUT2D eigenvalue weighted by molar-refractivity contribution is 7.47. The molecule has 0 aliphatic heterocycles. The third-order valence-corrected chi connectivity index (χ3v) is 11.2. The summed E-state index contributed by atoms with van der Waals surface area (Å²) >= 11 is 0. The average Bonchev–Trinajstić information content (AvgIpc) is 3.21. The highest BCUT2D eigenvalue weighted by atomic mass is 31.2. The minimum absolute atomic E-state index is 0.0452. The summed E-state index contributed by atoms with van der Waals surface area (Å²) < 4.78 is 33.5. The topological polar surface area (TPSA) is 132 Å². The lowest BCUT2D eigenvalue weighted by molar-refractivity contribution is -0.154. The molecule has 10 heteroatoms. The van der Waals surface area contributed by atoms with Crippen molar-refractivity contribution in [1.29, 1.82) is 0 Å². The summed E-state index contributed by atoms with van der Waals surface area (Å²) in [5.41, 5.74) is 0. The van der Waals surface area contributed by atoms with Gasteiger partial charge in [0.15, 0.2) is 0 Å². The molecule has 0 rings (SSSR count). The molecule has 0 aliphatic rings. The van der Waals surface area contributed by atoms with Gasteiger partial charge in [0.1, 0.15) is 12.2 Å². The van der Waals surface area contributed by atoms with Crippen LogP contribution in [0.3, 0.4) is 0 Å². The quantitative estimate of drug-likeness (QED) is 0.0237. The van der Waals surface area contributed by atoms with Gasteiger partial charge < -0.3 is 24.6 Å². The van der Waals surface area contributed by atoms with Crippen LogP contribution in [0.2, 0.25) is 0 Å². The van der Waals surface area contributed by atoms with Gasteiger partial charge in [-0.3, -0.25) is 13.8 Å². The minimum Gasteiger partial charge on any atom is -0.457 e. The van der Waals surface area contributed by atoms with E-state index < -0.39 is 33.2 Å². The molecule has 0 saturated heterocycles. The monoisotopic (exact) mass is 843 g/mol. The number of allylic oxidation sites excluding steroid dienone is 6. The SMILES string of the molecule is CCCCCC/C=C\C/C=C\CCCCCCCCCC(=O)OC(COCCCCCCCCCC/C=C\CCCCCCCCC)COP(=O)(O)OCC(O)CO. The number of hydrogen-bond donors (Lipinski definition) is 3. The van der Waals surface area contributed by atoms with Crippen LogP contribution >= 0.6 is 7.82 Å². The van der Waals surface area contributed by atoms with Crippen LogP contribution in [-0.2, 0) is 27.9 Å². The van der Waals surface area contributed by atoms with Gasteiger partial charge in [-0.2, -0.15) is 0 Å². The zero-order chi connectivity index (χ0) is 42.5. The lowest BCUT2D eigenvalue weighted by Gasteiger charge is -2.20. The largest absolute Gasteiger partial charge is 0.472 e. The lowest BCUT2D eigenvalue weighted by Crippen LogP contribution is -2.29. The first-order valence-electron chi connectivity index (χ1n) is 24.0. The van der Waals surface area contributed by atoms with E-state index in [0.29, 0.717) is 6.61 Å². The van der Waals surface area contributed by atoms with Gasteiger partial charge in [-0.1, -0.05) is 179 Å². The predicted molar refractivity (Wildman–Crippen MR) is 242 cm³/mol. The third kappa shape index (κ3) is 44.2. The number of ether oxygens (including phenoxy) is 2. The average molecular weight is 843 g/mol. The molecule has 0 heterocycles. The van der Waals surface area contributed by atoms with E-state index in [-0.39, 0.29) is 25.6 Å². The number of unbranched alkanes of at least 4 members (excludes halogenated alkanes) is 26. The number of esters is 1. The van der Waals surface area contributed by atoms with E-state index in [4.69, 9.17) is 23.6 Å². The second-order valence-corrected chi connectivity index (χ2v) is 17.6. The first kappa shape index (κ1) is 56.7. The van der Waals surface area contributed by atoms with Gasteiger partial charge in [-0.15, -0.1) is 0 Å². The Morgan fingerprint density at radius 2 is 0.931 bits per heavy atom. The molecule has 0 fully saturated rings. The molecule has 0 aromatic heterocycles. The van der Waals surface area contributed by atoms with Crippen molar-refractivity contribution in [2.24, 2.45) is 0 Å². The highest BCUT2D eigenvalue weighted by Gasteiger charge is 2.26. The van der Waals surface area contributed by atoms with E-state index in [9.17, 15) is 19.4 Å². The number of phosphoric acid groups is 1. The molecule has 342 valence electrons. The second-order valence-electron chi connectivity index (χ2n) is 16.1. The summed E-state index contributed by atoms with van der Waals surface area (Å²) in [6, 6.07) is 0. The minimum atomic E-state index is -4.52. The zero-order valence-corrected chi connectivity index (χ0v) is 38.4. The Balaban J connectivity index is 4.13. The molecule has 9 nitrogen and oxygen atoms in total. The zero-order valence-electron chi connectivity index (χ0n) is 37.5. The van der Waals surface area contributed by atoms with E-state index in [2.05, 4.69) is 50.3 Å². The van der Waals surface area contributed by atoms with Crippen LogP contribution in [0.1, 0.15) is 219 Å². The Kier molecular flexibility index (Phi) is 44.2. The maximum atomic E-state index is 12.6. The lowest BCUT2D eigenvalue weighted by atomic mass is 10.1. The van der Waals surface area contributed by atoms with Crippen LogP contribution in [0, 0.1) is 0 Å². The molecule has 0 aromatic carbocycles. The third-order valence-electron chi connectivity index (χ3n) is 10.3. The molecule has 0 saturated carbocycles. The molecule has 3 atom stereocenters. The van der Waals surface area contributed by atoms with Crippen LogP contribution in [0.25, 0.3) is 0 Å². The Labute approximate surface area is 356 Å². The van der Waals surface area contributed by atoms with Crippen molar-refractivity contribution in [1.82, 2.24) is 0 Å². The fourth-order valence-corrected chi connectivity index (χ4v) is 7.41. The predicted octanol–water partition coefficient (Wildman–Crippen LogP) is 13.6. The molecule has 0 bridgehead atoms. The number of aliphatic hydroxyl groups is 2. The first-order chi connectivity index (χ1) is 28.3. The molecule has 0 amide bonds. The second kappa shape index (κ2) is 45.2. The van der Waals surface area contributed by atoms with Crippen molar-refractivity contribution in [3.8, 4) is 0 Å². The number of rotatable bonds is 46. The van der Waals surface area contributed by atoms with E-state index >= 15 is 0 Å². The number of aliphatic hydroxyl groups excluding tert-OH is 2.